The molecule has 2 aromatic carbocycles. The number of nitrogens with one attached hydrogen (secondary N) is 1. The van der Waals surface area contributed by atoms with Crippen LogP contribution in [0.4, 0.5) is 4.39 Å². The Bertz CT molecular complexity index is 815. The minimum Gasteiger partial charge on any atom is -0.453 e. The number of carbonyl (C=O) groups excluding carboxylic acids is 3. The number of carbonyl (C=O) groups is 3. The fourth-order valence-corrected chi connectivity index (χ4v) is 2.03. The van der Waals surface area contributed by atoms with Crippen LogP contribution in [0.25, 0.3) is 6.08 Å². The molecule has 0 fully saturated rings. The highest BCUT2D eigenvalue weighted by atomic mass is 19.1. The van der Waals surface area contributed by atoms with Gasteiger partial charge in [-0.1, -0.05) is 42.5 Å². The third-order valence-electron chi connectivity index (χ3n) is 3.15. The number of amides is 1. The summed E-state index contributed by atoms with van der Waals surface area (Å²) in [6.07, 6.45) is 1.43. The molecular formula is C19H16FNO4. The third kappa shape index (κ3) is 5.39. The molecule has 2 aromatic rings. The SMILES string of the molecule is CC(=O)N/C(=C\c1ccccc1)C(=O)OCC(=O)c1ccccc1F. The highest BCUT2D eigenvalue weighted by Gasteiger charge is 2.17. The van der Waals surface area contributed by atoms with Gasteiger partial charge in [0.15, 0.2) is 6.61 Å². The van der Waals surface area contributed by atoms with Crippen LogP contribution >= 0.6 is 0 Å². The van der Waals surface area contributed by atoms with Crippen molar-refractivity contribution >= 4 is 23.7 Å². The van der Waals surface area contributed by atoms with Gasteiger partial charge in [-0.25, -0.2) is 9.18 Å². The summed E-state index contributed by atoms with van der Waals surface area (Å²) in [6, 6.07) is 14.2. The molecule has 0 unspecified atom stereocenters. The first-order chi connectivity index (χ1) is 12.0. The second kappa shape index (κ2) is 8.54. The lowest BCUT2D eigenvalue weighted by atomic mass is 10.1. The summed E-state index contributed by atoms with van der Waals surface area (Å²) in [7, 11) is 0. The summed E-state index contributed by atoms with van der Waals surface area (Å²) in [5, 5.41) is 2.37. The molecule has 0 heterocycles. The lowest BCUT2D eigenvalue weighted by Crippen LogP contribution is -2.27. The summed E-state index contributed by atoms with van der Waals surface area (Å²) >= 11 is 0. The number of ether oxygens (including phenoxy) is 1. The minimum atomic E-state index is -0.885. The van der Waals surface area contributed by atoms with Crippen molar-refractivity contribution in [2.75, 3.05) is 6.61 Å². The smallest absolute Gasteiger partial charge is 0.355 e. The second-order valence-electron chi connectivity index (χ2n) is 5.13. The molecule has 0 aromatic heterocycles. The average molecular weight is 341 g/mol. The Morgan fingerprint density at radius 1 is 1.04 bits per heavy atom. The molecule has 0 saturated carbocycles. The molecule has 25 heavy (non-hydrogen) atoms. The van der Waals surface area contributed by atoms with Gasteiger partial charge in [-0.2, -0.15) is 0 Å². The maximum absolute atomic E-state index is 13.6. The summed E-state index contributed by atoms with van der Waals surface area (Å²) in [5.41, 5.74) is 0.395. The minimum absolute atomic E-state index is 0.111. The Kier molecular flexibility index (Phi) is 6.17. The monoisotopic (exact) mass is 341 g/mol. The molecule has 0 radical (unpaired) electrons. The largest absolute Gasteiger partial charge is 0.453 e. The quantitative estimate of drug-likeness (QED) is 0.498. The van der Waals surface area contributed by atoms with Crippen molar-refractivity contribution in [2.45, 2.75) is 6.92 Å². The van der Waals surface area contributed by atoms with Gasteiger partial charge in [-0.3, -0.25) is 9.59 Å². The third-order valence-corrected chi connectivity index (χ3v) is 3.15. The lowest BCUT2D eigenvalue weighted by Gasteiger charge is -2.09. The van der Waals surface area contributed by atoms with Crippen molar-refractivity contribution in [2.24, 2.45) is 0 Å². The van der Waals surface area contributed by atoms with Crippen LogP contribution < -0.4 is 5.32 Å². The fourth-order valence-electron chi connectivity index (χ4n) is 2.03. The van der Waals surface area contributed by atoms with Crippen LogP contribution in [-0.4, -0.2) is 24.3 Å². The van der Waals surface area contributed by atoms with E-state index in [0.29, 0.717) is 5.56 Å². The predicted molar refractivity (Wildman–Crippen MR) is 89.9 cm³/mol. The van der Waals surface area contributed by atoms with Crippen molar-refractivity contribution < 1.29 is 23.5 Å². The van der Waals surface area contributed by atoms with E-state index in [-0.39, 0.29) is 11.3 Å². The van der Waals surface area contributed by atoms with E-state index >= 15 is 0 Å². The van der Waals surface area contributed by atoms with Crippen LogP contribution in [0, 0.1) is 5.82 Å². The van der Waals surface area contributed by atoms with Crippen molar-refractivity contribution in [3.63, 3.8) is 0 Å². The van der Waals surface area contributed by atoms with Crippen LogP contribution in [0.1, 0.15) is 22.8 Å². The fraction of sp³-hybridized carbons (Fsp3) is 0.105. The van der Waals surface area contributed by atoms with Gasteiger partial charge in [-0.15, -0.1) is 0 Å². The molecule has 0 aliphatic carbocycles. The summed E-state index contributed by atoms with van der Waals surface area (Å²) in [5.74, 6) is -2.71. The summed E-state index contributed by atoms with van der Waals surface area (Å²) in [6.45, 7) is 0.613. The van der Waals surface area contributed by atoms with Gasteiger partial charge < -0.3 is 10.1 Å². The summed E-state index contributed by atoms with van der Waals surface area (Å²) < 4.78 is 18.5. The molecule has 5 nitrogen and oxygen atoms in total. The van der Waals surface area contributed by atoms with Crippen molar-refractivity contribution in [1.29, 1.82) is 0 Å². The van der Waals surface area contributed by atoms with Gasteiger partial charge in [0.2, 0.25) is 11.7 Å². The van der Waals surface area contributed by atoms with Crippen molar-refractivity contribution in [3.05, 3.63) is 77.2 Å². The van der Waals surface area contributed by atoms with Gasteiger partial charge in [-0.05, 0) is 23.8 Å². The van der Waals surface area contributed by atoms with Gasteiger partial charge in [0, 0.05) is 6.92 Å². The first-order valence-electron chi connectivity index (χ1n) is 7.46. The molecule has 0 aliphatic heterocycles. The Morgan fingerprint density at radius 3 is 2.32 bits per heavy atom. The molecule has 0 bridgehead atoms. The lowest BCUT2D eigenvalue weighted by molar-refractivity contribution is -0.139. The van der Waals surface area contributed by atoms with Crippen LogP contribution in [0.2, 0.25) is 0 Å². The molecular weight excluding hydrogens is 325 g/mol. The number of esters is 1. The molecule has 0 saturated heterocycles. The Balaban J connectivity index is 2.10. The average Bonchev–Trinajstić information content (AvgIpc) is 2.59. The number of hydrogen-bond donors (Lipinski definition) is 1. The van der Waals surface area contributed by atoms with E-state index in [2.05, 4.69) is 5.32 Å². The van der Waals surface area contributed by atoms with E-state index in [9.17, 15) is 18.8 Å². The van der Waals surface area contributed by atoms with Crippen LogP contribution in [0.5, 0.6) is 0 Å². The first-order valence-corrected chi connectivity index (χ1v) is 7.46. The molecule has 0 spiro atoms. The zero-order valence-electron chi connectivity index (χ0n) is 13.5. The topological polar surface area (TPSA) is 72.5 Å². The maximum Gasteiger partial charge on any atom is 0.355 e. The van der Waals surface area contributed by atoms with E-state index in [0.717, 1.165) is 6.07 Å². The zero-order chi connectivity index (χ0) is 18.2. The van der Waals surface area contributed by atoms with E-state index in [4.69, 9.17) is 4.74 Å². The normalized spacial score (nSPS) is 10.9. The number of ketones is 1. The van der Waals surface area contributed by atoms with Gasteiger partial charge in [0.1, 0.15) is 11.5 Å². The molecule has 128 valence electrons. The van der Waals surface area contributed by atoms with Crippen molar-refractivity contribution in [1.82, 2.24) is 5.32 Å². The van der Waals surface area contributed by atoms with Gasteiger partial charge in [0.05, 0.1) is 5.56 Å². The summed E-state index contributed by atoms with van der Waals surface area (Å²) in [4.78, 5) is 35.4. The standard InChI is InChI=1S/C19H16FNO4/c1-13(22)21-17(11-14-7-3-2-4-8-14)19(24)25-12-18(23)15-9-5-6-10-16(15)20/h2-11H,12H2,1H3,(H,21,22)/b17-11-. The highest BCUT2D eigenvalue weighted by Crippen LogP contribution is 2.09. The van der Waals surface area contributed by atoms with E-state index in [1.807, 2.05) is 0 Å². The zero-order valence-corrected chi connectivity index (χ0v) is 13.5. The number of Topliss-reactive ketones (excluding diaryl/α,β-unsaturated/α-hetero) is 1. The van der Waals surface area contributed by atoms with E-state index in [1.54, 1.807) is 30.3 Å². The number of halogens is 1. The number of benzene rings is 2. The van der Waals surface area contributed by atoms with Crippen LogP contribution in [0.3, 0.4) is 0 Å². The maximum atomic E-state index is 13.6. The molecule has 6 heteroatoms. The van der Waals surface area contributed by atoms with Crippen molar-refractivity contribution in [3.8, 4) is 0 Å². The first kappa shape index (κ1) is 18.1. The number of hydrogen-bond acceptors (Lipinski definition) is 4. The Hall–Kier alpha value is -3.28. The number of rotatable bonds is 6. The van der Waals surface area contributed by atoms with Crippen LogP contribution in [-0.2, 0) is 14.3 Å². The molecule has 1 amide bonds. The molecule has 2 rings (SSSR count). The second-order valence-corrected chi connectivity index (χ2v) is 5.13. The predicted octanol–water partition coefficient (Wildman–Crippen LogP) is 2.73. The van der Waals surface area contributed by atoms with Gasteiger partial charge in [0.25, 0.3) is 0 Å². The van der Waals surface area contributed by atoms with E-state index < -0.39 is 30.1 Å². The van der Waals surface area contributed by atoms with E-state index in [1.165, 1.54) is 31.2 Å². The molecule has 0 aliphatic rings. The Labute approximate surface area is 144 Å². The molecule has 0 atom stereocenters. The highest BCUT2D eigenvalue weighted by molar-refractivity contribution is 6.01. The van der Waals surface area contributed by atoms with Crippen LogP contribution in [0.15, 0.2) is 60.3 Å². The van der Waals surface area contributed by atoms with Gasteiger partial charge >= 0.3 is 5.97 Å². The Morgan fingerprint density at radius 2 is 1.68 bits per heavy atom. The molecule has 1 N–H and O–H groups in total.